The van der Waals surface area contributed by atoms with Crippen molar-refractivity contribution in [3.8, 4) is 0 Å². The molecule has 1 aromatic heterocycles. The number of halogens is 1. The van der Waals surface area contributed by atoms with Gasteiger partial charge in [0.15, 0.2) is 5.96 Å². The third-order valence-electron chi connectivity index (χ3n) is 5.32. The largest absolute Gasteiger partial charge is 0.370 e. The lowest BCUT2D eigenvalue weighted by molar-refractivity contribution is -0.00809. The molecule has 168 valence electrons. The van der Waals surface area contributed by atoms with Crippen LogP contribution in [0.3, 0.4) is 0 Å². The Hall–Kier alpha value is -0.870. The molecule has 0 aliphatic carbocycles. The standard InChI is InChI=1S/C21H40N6O.HI/c1-7-22-21(23-14-19(12-17(4)5)26(8-2)9-3)27-10-11-28-20(16-27)18-13-24-25(6)15-18;/h13,15,17,19-20H,7-12,14,16H2,1-6H3,(H,22,23);1H. The van der Waals surface area contributed by atoms with E-state index in [1.54, 1.807) is 0 Å². The first-order chi connectivity index (χ1) is 13.5. The molecule has 7 nitrogen and oxygen atoms in total. The molecule has 0 radical (unpaired) electrons. The quantitative estimate of drug-likeness (QED) is 0.308. The first kappa shape index (κ1) is 26.2. The summed E-state index contributed by atoms with van der Waals surface area (Å²) in [6.07, 6.45) is 5.15. The average Bonchev–Trinajstić information content (AvgIpc) is 3.12. The number of ether oxygens (including phenoxy) is 1. The lowest BCUT2D eigenvalue weighted by Crippen LogP contribution is -2.49. The molecule has 0 aromatic carbocycles. The number of morpholine rings is 1. The van der Waals surface area contributed by atoms with Crippen LogP contribution in [0.25, 0.3) is 0 Å². The molecule has 0 amide bonds. The highest BCUT2D eigenvalue weighted by Crippen LogP contribution is 2.22. The molecule has 0 spiro atoms. The van der Waals surface area contributed by atoms with Crippen molar-refractivity contribution in [2.75, 3.05) is 45.9 Å². The molecule has 1 saturated heterocycles. The van der Waals surface area contributed by atoms with Gasteiger partial charge in [0.1, 0.15) is 6.10 Å². The maximum absolute atomic E-state index is 6.00. The van der Waals surface area contributed by atoms with Gasteiger partial charge in [0.2, 0.25) is 0 Å². The van der Waals surface area contributed by atoms with Gasteiger partial charge in [-0.1, -0.05) is 27.7 Å². The van der Waals surface area contributed by atoms with E-state index in [1.165, 1.54) is 6.42 Å². The number of likely N-dealkylation sites (N-methyl/N-ethyl adjacent to an activating group) is 1. The second-order valence-corrected chi connectivity index (χ2v) is 7.95. The summed E-state index contributed by atoms with van der Waals surface area (Å²) in [5.41, 5.74) is 1.13. The van der Waals surface area contributed by atoms with Crippen molar-refractivity contribution in [3.05, 3.63) is 18.0 Å². The zero-order valence-electron chi connectivity index (χ0n) is 19.1. The van der Waals surface area contributed by atoms with E-state index in [0.29, 0.717) is 18.6 Å². The highest BCUT2D eigenvalue weighted by molar-refractivity contribution is 14.0. The number of nitrogens with zero attached hydrogens (tertiary/aromatic N) is 5. The minimum atomic E-state index is 0. The van der Waals surface area contributed by atoms with Crippen molar-refractivity contribution in [2.45, 2.75) is 53.2 Å². The topological polar surface area (TPSA) is 57.9 Å². The number of hydrogen-bond acceptors (Lipinski definition) is 4. The predicted octanol–water partition coefficient (Wildman–Crippen LogP) is 3.13. The average molecular weight is 521 g/mol. The van der Waals surface area contributed by atoms with Crippen LogP contribution in [-0.2, 0) is 11.8 Å². The number of aliphatic imine (C=N–C) groups is 1. The molecule has 1 fully saturated rings. The van der Waals surface area contributed by atoms with Crippen molar-refractivity contribution in [3.63, 3.8) is 0 Å². The van der Waals surface area contributed by atoms with Crippen LogP contribution >= 0.6 is 24.0 Å². The monoisotopic (exact) mass is 520 g/mol. The Bertz CT molecular complexity index is 602. The fraction of sp³-hybridized carbons (Fsp3) is 0.810. The van der Waals surface area contributed by atoms with E-state index in [1.807, 2.05) is 24.1 Å². The lowest BCUT2D eigenvalue weighted by Gasteiger charge is -2.35. The van der Waals surface area contributed by atoms with Gasteiger partial charge < -0.3 is 15.0 Å². The van der Waals surface area contributed by atoms with Gasteiger partial charge >= 0.3 is 0 Å². The van der Waals surface area contributed by atoms with Crippen LogP contribution in [0.5, 0.6) is 0 Å². The van der Waals surface area contributed by atoms with E-state index < -0.39 is 0 Å². The molecule has 1 N–H and O–H groups in total. The van der Waals surface area contributed by atoms with Crippen molar-refractivity contribution in [1.82, 2.24) is 24.9 Å². The summed E-state index contributed by atoms with van der Waals surface area (Å²) in [7, 11) is 1.94. The van der Waals surface area contributed by atoms with Crippen LogP contribution in [0.1, 0.15) is 52.7 Å². The van der Waals surface area contributed by atoms with Crippen molar-refractivity contribution < 1.29 is 4.74 Å². The predicted molar refractivity (Wildman–Crippen MR) is 131 cm³/mol. The van der Waals surface area contributed by atoms with Gasteiger partial charge in [0, 0.05) is 37.9 Å². The summed E-state index contributed by atoms with van der Waals surface area (Å²) in [6.45, 7) is 17.4. The number of guanidine groups is 1. The number of aryl methyl sites for hydroxylation is 1. The van der Waals surface area contributed by atoms with Crippen LogP contribution < -0.4 is 5.32 Å². The molecule has 2 unspecified atom stereocenters. The molecule has 2 rings (SSSR count). The Kier molecular flexibility index (Phi) is 12.1. The Morgan fingerprint density at radius 1 is 1.34 bits per heavy atom. The van der Waals surface area contributed by atoms with Crippen LogP contribution in [0, 0.1) is 5.92 Å². The van der Waals surface area contributed by atoms with Crippen LogP contribution in [0.2, 0.25) is 0 Å². The molecule has 1 aliphatic heterocycles. The Labute approximate surface area is 194 Å². The van der Waals surface area contributed by atoms with Gasteiger partial charge in [-0.3, -0.25) is 14.6 Å². The minimum Gasteiger partial charge on any atom is -0.370 e. The van der Waals surface area contributed by atoms with Gasteiger partial charge in [-0.25, -0.2) is 0 Å². The third kappa shape index (κ3) is 8.05. The van der Waals surface area contributed by atoms with E-state index >= 15 is 0 Å². The summed E-state index contributed by atoms with van der Waals surface area (Å²) >= 11 is 0. The van der Waals surface area contributed by atoms with Crippen LogP contribution in [0.15, 0.2) is 17.4 Å². The van der Waals surface area contributed by atoms with Crippen molar-refractivity contribution in [1.29, 1.82) is 0 Å². The summed E-state index contributed by atoms with van der Waals surface area (Å²) in [5, 5.41) is 7.78. The minimum absolute atomic E-state index is 0. The number of rotatable bonds is 9. The van der Waals surface area contributed by atoms with Crippen LogP contribution in [-0.4, -0.2) is 77.5 Å². The molecule has 0 saturated carbocycles. The molecule has 2 heterocycles. The zero-order chi connectivity index (χ0) is 20.5. The summed E-state index contributed by atoms with van der Waals surface area (Å²) in [6, 6.07) is 0.485. The number of hydrogen-bond donors (Lipinski definition) is 1. The molecular weight excluding hydrogens is 479 g/mol. The number of aromatic nitrogens is 2. The smallest absolute Gasteiger partial charge is 0.194 e. The van der Waals surface area contributed by atoms with E-state index in [2.05, 4.69) is 54.8 Å². The van der Waals surface area contributed by atoms with E-state index in [9.17, 15) is 0 Å². The second-order valence-electron chi connectivity index (χ2n) is 7.95. The van der Waals surface area contributed by atoms with Gasteiger partial charge in [0.05, 0.1) is 25.9 Å². The Morgan fingerprint density at radius 2 is 2.07 bits per heavy atom. The first-order valence-corrected chi connectivity index (χ1v) is 10.9. The molecule has 0 bridgehead atoms. The maximum atomic E-state index is 6.00. The fourth-order valence-electron chi connectivity index (χ4n) is 3.89. The van der Waals surface area contributed by atoms with Crippen molar-refractivity contribution >= 4 is 29.9 Å². The highest BCUT2D eigenvalue weighted by Gasteiger charge is 2.25. The zero-order valence-corrected chi connectivity index (χ0v) is 21.4. The fourth-order valence-corrected chi connectivity index (χ4v) is 3.89. The lowest BCUT2D eigenvalue weighted by atomic mass is 10.0. The SMILES string of the molecule is CCNC(=NCC(CC(C)C)N(CC)CC)N1CCOC(c2cnn(C)c2)C1.I. The number of nitrogens with one attached hydrogen (secondary N) is 1. The summed E-state index contributed by atoms with van der Waals surface area (Å²) in [4.78, 5) is 9.92. The van der Waals surface area contributed by atoms with Gasteiger partial charge in [0.25, 0.3) is 0 Å². The van der Waals surface area contributed by atoms with Gasteiger partial charge in [-0.05, 0) is 32.4 Å². The van der Waals surface area contributed by atoms with Crippen molar-refractivity contribution in [2.24, 2.45) is 18.0 Å². The van der Waals surface area contributed by atoms with Crippen LogP contribution in [0.4, 0.5) is 0 Å². The van der Waals surface area contributed by atoms with Gasteiger partial charge in [-0.2, -0.15) is 5.10 Å². The summed E-state index contributed by atoms with van der Waals surface area (Å²) < 4.78 is 7.83. The van der Waals surface area contributed by atoms with E-state index in [0.717, 1.165) is 50.8 Å². The Morgan fingerprint density at radius 3 is 2.62 bits per heavy atom. The third-order valence-corrected chi connectivity index (χ3v) is 5.32. The Balaban J connectivity index is 0.00000420. The molecule has 8 heteroatoms. The second kappa shape index (κ2) is 13.4. The summed E-state index contributed by atoms with van der Waals surface area (Å²) in [5.74, 6) is 1.67. The first-order valence-electron chi connectivity index (χ1n) is 10.9. The maximum Gasteiger partial charge on any atom is 0.194 e. The molecule has 2 atom stereocenters. The normalized spacial score (nSPS) is 18.8. The molecule has 1 aromatic rings. The molecular formula is C21H41IN6O. The molecule has 1 aliphatic rings. The highest BCUT2D eigenvalue weighted by atomic mass is 127. The van der Waals surface area contributed by atoms with Gasteiger partial charge in [-0.15, -0.1) is 24.0 Å². The van der Waals surface area contributed by atoms with E-state index in [4.69, 9.17) is 9.73 Å². The molecule has 29 heavy (non-hydrogen) atoms. The van der Waals surface area contributed by atoms with E-state index in [-0.39, 0.29) is 30.1 Å².